The molecule has 5 heteroatoms. The molecule has 2 aromatic carbocycles. The molecule has 0 heterocycles. The maximum atomic E-state index is 6.10. The summed E-state index contributed by atoms with van der Waals surface area (Å²) >= 11 is 18.0. The van der Waals surface area contributed by atoms with E-state index in [4.69, 9.17) is 39.5 Å². The maximum Gasteiger partial charge on any atom is 0.119 e. The van der Waals surface area contributed by atoms with Crippen LogP contribution in [0.2, 0.25) is 15.1 Å². The number of halogens is 3. The number of benzene rings is 2. The predicted octanol–water partition coefficient (Wildman–Crippen LogP) is 5.53. The predicted molar refractivity (Wildman–Crippen MR) is 86.5 cm³/mol. The van der Waals surface area contributed by atoms with Gasteiger partial charge in [0.15, 0.2) is 0 Å². The van der Waals surface area contributed by atoms with Gasteiger partial charge in [-0.1, -0.05) is 53.0 Å². The fourth-order valence-electron chi connectivity index (χ4n) is 1.68. The minimum atomic E-state index is -0.0112. The minimum absolute atomic E-state index is 0.0112. The Hall–Kier alpha value is -1.09. The largest absolute Gasteiger partial charge is 0.489 e. The van der Waals surface area contributed by atoms with Crippen molar-refractivity contribution < 1.29 is 4.74 Å². The van der Waals surface area contributed by atoms with Gasteiger partial charge < -0.3 is 10.1 Å². The van der Waals surface area contributed by atoms with Crippen LogP contribution in [0, 0.1) is 0 Å². The summed E-state index contributed by atoms with van der Waals surface area (Å²) in [5.74, 6) is 0.835. The first-order valence-electron chi connectivity index (χ1n) is 6.16. The lowest BCUT2D eigenvalue weighted by Crippen LogP contribution is -2.22. The topological polar surface area (TPSA) is 21.3 Å². The number of para-hydroxylation sites is 1. The summed E-state index contributed by atoms with van der Waals surface area (Å²) in [6, 6.07) is 13.0. The number of nitrogens with one attached hydrogen (secondary N) is 1. The number of hydrogen-bond donors (Lipinski definition) is 1. The first-order chi connectivity index (χ1) is 9.56. The molecule has 0 unspecified atom stereocenters. The van der Waals surface area contributed by atoms with Crippen molar-refractivity contribution in [3.8, 4) is 5.75 Å². The van der Waals surface area contributed by atoms with E-state index < -0.39 is 0 Å². The molecule has 0 radical (unpaired) electrons. The van der Waals surface area contributed by atoms with Crippen LogP contribution in [0.1, 0.15) is 6.92 Å². The highest BCUT2D eigenvalue weighted by atomic mass is 35.5. The van der Waals surface area contributed by atoms with E-state index in [2.05, 4.69) is 5.32 Å². The Morgan fingerprint density at radius 1 is 1.00 bits per heavy atom. The second kappa shape index (κ2) is 7.07. The summed E-state index contributed by atoms with van der Waals surface area (Å²) in [7, 11) is 0. The van der Waals surface area contributed by atoms with Crippen molar-refractivity contribution in [1.82, 2.24) is 0 Å². The molecule has 0 aliphatic carbocycles. The van der Waals surface area contributed by atoms with Crippen LogP contribution in [0.25, 0.3) is 0 Å². The third kappa shape index (κ3) is 4.20. The molecule has 106 valence electrons. The molecule has 0 fully saturated rings. The van der Waals surface area contributed by atoms with Gasteiger partial charge in [-0.2, -0.15) is 0 Å². The van der Waals surface area contributed by atoms with E-state index in [9.17, 15) is 0 Å². The van der Waals surface area contributed by atoms with E-state index >= 15 is 0 Å². The van der Waals surface area contributed by atoms with Gasteiger partial charge in [0.1, 0.15) is 11.9 Å². The van der Waals surface area contributed by atoms with Crippen molar-refractivity contribution in [1.29, 1.82) is 0 Å². The van der Waals surface area contributed by atoms with Gasteiger partial charge in [-0.15, -0.1) is 0 Å². The summed E-state index contributed by atoms with van der Waals surface area (Å²) in [4.78, 5) is 0. The second-order valence-electron chi connectivity index (χ2n) is 4.37. The Labute approximate surface area is 133 Å². The van der Waals surface area contributed by atoms with Gasteiger partial charge >= 0.3 is 0 Å². The van der Waals surface area contributed by atoms with Crippen LogP contribution in [0.15, 0.2) is 42.5 Å². The maximum absolute atomic E-state index is 6.10. The van der Waals surface area contributed by atoms with Crippen LogP contribution in [0.5, 0.6) is 5.75 Å². The van der Waals surface area contributed by atoms with Crippen LogP contribution in [-0.2, 0) is 0 Å². The molecule has 2 aromatic rings. The molecule has 0 bridgehead atoms. The van der Waals surface area contributed by atoms with Gasteiger partial charge in [0.2, 0.25) is 0 Å². The van der Waals surface area contributed by atoms with Gasteiger partial charge in [-0.3, -0.25) is 0 Å². The Balaban J connectivity index is 1.93. The average molecular weight is 331 g/mol. The molecule has 0 saturated carbocycles. The lowest BCUT2D eigenvalue weighted by molar-refractivity contribution is 0.235. The van der Waals surface area contributed by atoms with E-state index in [1.165, 1.54) is 0 Å². The van der Waals surface area contributed by atoms with Crippen molar-refractivity contribution in [2.45, 2.75) is 13.0 Å². The van der Waals surface area contributed by atoms with Gasteiger partial charge in [-0.05, 0) is 31.2 Å². The lowest BCUT2D eigenvalue weighted by Gasteiger charge is -2.17. The summed E-state index contributed by atoms with van der Waals surface area (Å²) in [6.07, 6.45) is -0.0112. The number of hydrogen-bond acceptors (Lipinski definition) is 2. The van der Waals surface area contributed by atoms with Crippen LogP contribution in [0.4, 0.5) is 5.69 Å². The Morgan fingerprint density at radius 3 is 2.35 bits per heavy atom. The van der Waals surface area contributed by atoms with E-state index in [0.717, 1.165) is 11.4 Å². The highest BCUT2D eigenvalue weighted by Crippen LogP contribution is 2.32. The van der Waals surface area contributed by atoms with Crippen molar-refractivity contribution in [3.63, 3.8) is 0 Å². The molecule has 2 rings (SSSR count). The Kier molecular flexibility index (Phi) is 5.41. The van der Waals surface area contributed by atoms with Crippen molar-refractivity contribution in [2.24, 2.45) is 0 Å². The zero-order valence-corrected chi connectivity index (χ0v) is 13.1. The Morgan fingerprint density at radius 2 is 1.65 bits per heavy atom. The molecule has 0 aliphatic heterocycles. The van der Waals surface area contributed by atoms with E-state index in [1.54, 1.807) is 12.1 Å². The normalized spacial score (nSPS) is 12.0. The smallest absolute Gasteiger partial charge is 0.119 e. The molecule has 0 aliphatic rings. The molecule has 1 N–H and O–H groups in total. The number of rotatable bonds is 5. The van der Waals surface area contributed by atoms with Crippen LogP contribution in [-0.4, -0.2) is 12.6 Å². The molecule has 1 atom stereocenters. The summed E-state index contributed by atoms with van der Waals surface area (Å²) in [6.45, 7) is 2.58. The van der Waals surface area contributed by atoms with Gasteiger partial charge in [0.05, 0.1) is 27.3 Å². The van der Waals surface area contributed by atoms with Crippen molar-refractivity contribution in [3.05, 3.63) is 57.5 Å². The summed E-state index contributed by atoms with van der Waals surface area (Å²) in [5, 5.41) is 4.64. The molecule has 0 aromatic heterocycles. The second-order valence-corrected chi connectivity index (χ2v) is 5.59. The van der Waals surface area contributed by atoms with E-state index in [0.29, 0.717) is 21.6 Å². The number of ether oxygens (including phenoxy) is 1. The van der Waals surface area contributed by atoms with Crippen LogP contribution in [0.3, 0.4) is 0 Å². The minimum Gasteiger partial charge on any atom is -0.489 e. The highest BCUT2D eigenvalue weighted by Gasteiger charge is 2.08. The van der Waals surface area contributed by atoms with E-state index in [-0.39, 0.29) is 6.10 Å². The summed E-state index contributed by atoms with van der Waals surface area (Å²) in [5.41, 5.74) is 0.740. The molecular weight excluding hydrogens is 317 g/mol. The number of anilines is 1. The zero-order chi connectivity index (χ0) is 14.5. The van der Waals surface area contributed by atoms with Gasteiger partial charge in [-0.25, -0.2) is 0 Å². The van der Waals surface area contributed by atoms with Crippen molar-refractivity contribution >= 4 is 40.5 Å². The summed E-state index contributed by atoms with van der Waals surface area (Å²) < 4.78 is 5.77. The van der Waals surface area contributed by atoms with Crippen molar-refractivity contribution in [2.75, 3.05) is 11.9 Å². The van der Waals surface area contributed by atoms with Crippen LogP contribution >= 0.6 is 34.8 Å². The SMILES string of the molecule is C[C@H](CNc1cc(Cl)c(Cl)cc1Cl)Oc1ccccc1. The van der Waals surface area contributed by atoms with Gasteiger partial charge in [0.25, 0.3) is 0 Å². The monoisotopic (exact) mass is 329 g/mol. The third-order valence-electron chi connectivity index (χ3n) is 2.67. The first-order valence-corrected chi connectivity index (χ1v) is 7.30. The fraction of sp³-hybridized carbons (Fsp3) is 0.200. The molecular formula is C15H14Cl3NO. The molecule has 0 spiro atoms. The molecule has 20 heavy (non-hydrogen) atoms. The standard InChI is InChI=1S/C15H14Cl3NO/c1-10(20-11-5-3-2-4-6-11)9-19-15-8-13(17)12(16)7-14(15)18/h2-8,10,19H,9H2,1H3/t10-/m1/s1. The van der Waals surface area contributed by atoms with E-state index in [1.807, 2.05) is 37.3 Å². The lowest BCUT2D eigenvalue weighted by atomic mass is 10.3. The van der Waals surface area contributed by atoms with Crippen LogP contribution < -0.4 is 10.1 Å². The van der Waals surface area contributed by atoms with Gasteiger partial charge in [0, 0.05) is 0 Å². The third-order valence-corrected chi connectivity index (χ3v) is 3.71. The zero-order valence-electron chi connectivity index (χ0n) is 10.9. The quantitative estimate of drug-likeness (QED) is 0.728. The molecule has 0 saturated heterocycles. The highest BCUT2D eigenvalue weighted by molar-refractivity contribution is 6.44. The molecule has 0 amide bonds. The fourth-order valence-corrected chi connectivity index (χ4v) is 2.30. The Bertz CT molecular complexity index is 575. The average Bonchev–Trinajstić information content (AvgIpc) is 2.42. The molecule has 2 nitrogen and oxygen atoms in total. The first kappa shape index (κ1) is 15.3.